The zero-order chi connectivity index (χ0) is 21.0. The molecule has 0 aromatic heterocycles. The van der Waals surface area contributed by atoms with Gasteiger partial charge in [-0.1, -0.05) is 30.3 Å². The second kappa shape index (κ2) is 9.21. The maximum Gasteiger partial charge on any atom is 0.342 e. The third kappa shape index (κ3) is 4.50. The van der Waals surface area contributed by atoms with Gasteiger partial charge in [0.2, 0.25) is 6.29 Å². The summed E-state index contributed by atoms with van der Waals surface area (Å²) in [4.78, 5) is 12.5. The van der Waals surface area contributed by atoms with Crippen molar-refractivity contribution in [3.05, 3.63) is 59.7 Å². The predicted octanol–water partition coefficient (Wildman–Crippen LogP) is -0.0721. The Balaban J connectivity index is 1.87. The number of hydrogen-bond acceptors (Lipinski definition) is 9. The Morgan fingerprint density at radius 1 is 1.00 bits per heavy atom. The number of phenols is 1. The predicted molar refractivity (Wildman–Crippen MR) is 98.1 cm³/mol. The van der Waals surface area contributed by atoms with Crippen molar-refractivity contribution in [1.29, 1.82) is 0 Å². The molecule has 5 N–H and O–H groups in total. The average Bonchev–Trinajstić information content (AvgIpc) is 2.73. The second-order valence-corrected chi connectivity index (χ2v) is 6.48. The number of phenolic OH excluding ortho intramolecular Hbond substituents is 1. The summed E-state index contributed by atoms with van der Waals surface area (Å²) < 4.78 is 16.5. The van der Waals surface area contributed by atoms with Gasteiger partial charge in [-0.3, -0.25) is 0 Å². The van der Waals surface area contributed by atoms with Gasteiger partial charge in [-0.15, -0.1) is 0 Å². The molecule has 1 heterocycles. The number of aromatic hydroxyl groups is 1. The van der Waals surface area contributed by atoms with Gasteiger partial charge in [0, 0.05) is 5.56 Å². The molecular weight excluding hydrogens is 384 g/mol. The molecule has 3 rings (SSSR count). The molecule has 5 atom stereocenters. The fourth-order valence-corrected chi connectivity index (χ4v) is 2.98. The van der Waals surface area contributed by atoms with Crippen LogP contribution in [0, 0.1) is 0 Å². The van der Waals surface area contributed by atoms with Gasteiger partial charge in [-0.05, 0) is 18.2 Å². The number of aliphatic hydroxyl groups is 4. The van der Waals surface area contributed by atoms with Crippen LogP contribution in [-0.2, 0) is 16.1 Å². The Morgan fingerprint density at radius 2 is 1.69 bits per heavy atom. The lowest BCUT2D eigenvalue weighted by Crippen LogP contribution is -2.61. The molecule has 1 aliphatic rings. The third-order valence-electron chi connectivity index (χ3n) is 4.58. The summed E-state index contributed by atoms with van der Waals surface area (Å²) >= 11 is 0. The molecule has 9 nitrogen and oxygen atoms in total. The highest BCUT2D eigenvalue weighted by atomic mass is 16.7. The average molecular weight is 406 g/mol. The molecule has 1 fully saturated rings. The summed E-state index contributed by atoms with van der Waals surface area (Å²) in [6.45, 7) is -0.945. The molecule has 0 aliphatic carbocycles. The van der Waals surface area contributed by atoms with E-state index in [0.29, 0.717) is 5.56 Å². The van der Waals surface area contributed by atoms with Crippen LogP contribution < -0.4 is 4.74 Å². The molecule has 2 aromatic rings. The van der Waals surface area contributed by atoms with E-state index in [2.05, 4.69) is 0 Å². The van der Waals surface area contributed by atoms with E-state index in [1.807, 2.05) is 0 Å². The van der Waals surface area contributed by atoms with Gasteiger partial charge < -0.3 is 39.7 Å². The Morgan fingerprint density at radius 3 is 2.38 bits per heavy atom. The number of aliphatic hydroxyl groups excluding tert-OH is 4. The van der Waals surface area contributed by atoms with E-state index in [0.717, 1.165) is 0 Å². The Bertz CT molecular complexity index is 840. The molecule has 9 heteroatoms. The standard InChI is InChI=1S/C20H22O9/c21-9-11-5-1-4-8-14(11)27-20-18(17(25)16(24)15(10-22)28-20)29-19(26)12-6-2-3-7-13(12)23/h1-8,15-18,20-25H,9-10H2. The molecule has 156 valence electrons. The number of benzene rings is 2. The van der Waals surface area contributed by atoms with Crippen molar-refractivity contribution in [3.63, 3.8) is 0 Å². The minimum atomic E-state index is -1.64. The first kappa shape index (κ1) is 21.0. The third-order valence-corrected chi connectivity index (χ3v) is 4.58. The molecule has 0 bridgehead atoms. The lowest BCUT2D eigenvalue weighted by atomic mass is 9.99. The number of ether oxygens (including phenoxy) is 3. The molecule has 5 unspecified atom stereocenters. The van der Waals surface area contributed by atoms with Crippen molar-refractivity contribution in [1.82, 2.24) is 0 Å². The van der Waals surface area contributed by atoms with E-state index < -0.39 is 43.3 Å². The summed E-state index contributed by atoms with van der Waals surface area (Å²) in [5.41, 5.74) is 0.274. The van der Waals surface area contributed by atoms with E-state index in [9.17, 15) is 30.3 Å². The van der Waals surface area contributed by atoms with Crippen LogP contribution in [0.15, 0.2) is 48.5 Å². The molecule has 0 amide bonds. The van der Waals surface area contributed by atoms with Crippen LogP contribution in [0.1, 0.15) is 15.9 Å². The fourth-order valence-electron chi connectivity index (χ4n) is 2.98. The number of esters is 1. The van der Waals surface area contributed by atoms with Gasteiger partial charge in [0.25, 0.3) is 0 Å². The molecule has 0 radical (unpaired) electrons. The van der Waals surface area contributed by atoms with Gasteiger partial charge in [0.05, 0.1) is 13.2 Å². The highest BCUT2D eigenvalue weighted by molar-refractivity contribution is 5.92. The van der Waals surface area contributed by atoms with Crippen LogP contribution in [0.3, 0.4) is 0 Å². The van der Waals surface area contributed by atoms with E-state index in [4.69, 9.17) is 14.2 Å². The Labute approximate surface area is 166 Å². The van der Waals surface area contributed by atoms with Gasteiger partial charge >= 0.3 is 5.97 Å². The molecule has 1 saturated heterocycles. The first-order valence-electron chi connectivity index (χ1n) is 8.93. The summed E-state index contributed by atoms with van der Waals surface area (Å²) in [5, 5.41) is 49.4. The van der Waals surface area contributed by atoms with Crippen molar-refractivity contribution in [2.75, 3.05) is 6.61 Å². The molecule has 29 heavy (non-hydrogen) atoms. The number of carbonyl (C=O) groups excluding carboxylic acids is 1. The van der Waals surface area contributed by atoms with E-state index in [1.54, 1.807) is 24.3 Å². The van der Waals surface area contributed by atoms with Gasteiger partial charge in [-0.25, -0.2) is 4.79 Å². The summed E-state index contributed by atoms with van der Waals surface area (Å²) in [6.07, 6.45) is -7.24. The topological polar surface area (TPSA) is 146 Å². The lowest BCUT2D eigenvalue weighted by molar-refractivity contribution is -0.276. The molecular formula is C20H22O9. The van der Waals surface area contributed by atoms with Crippen LogP contribution in [0.25, 0.3) is 0 Å². The van der Waals surface area contributed by atoms with E-state index in [1.165, 1.54) is 24.3 Å². The van der Waals surface area contributed by atoms with Crippen LogP contribution in [0.5, 0.6) is 11.5 Å². The monoisotopic (exact) mass is 406 g/mol. The minimum absolute atomic E-state index is 0.145. The Kier molecular flexibility index (Phi) is 6.68. The first-order chi connectivity index (χ1) is 14.0. The summed E-state index contributed by atoms with van der Waals surface area (Å²) in [7, 11) is 0. The maximum absolute atomic E-state index is 12.5. The van der Waals surface area contributed by atoms with Gasteiger partial charge in [-0.2, -0.15) is 0 Å². The first-order valence-corrected chi connectivity index (χ1v) is 8.93. The van der Waals surface area contributed by atoms with E-state index in [-0.39, 0.29) is 23.7 Å². The van der Waals surface area contributed by atoms with E-state index >= 15 is 0 Å². The largest absolute Gasteiger partial charge is 0.507 e. The van der Waals surface area contributed by atoms with Crippen molar-refractivity contribution in [2.45, 2.75) is 37.3 Å². The normalized spacial score (nSPS) is 26.7. The Hall–Kier alpha value is -2.69. The number of rotatable bonds is 6. The highest BCUT2D eigenvalue weighted by Gasteiger charge is 2.48. The van der Waals surface area contributed by atoms with Crippen LogP contribution in [-0.4, -0.2) is 68.8 Å². The zero-order valence-corrected chi connectivity index (χ0v) is 15.3. The van der Waals surface area contributed by atoms with Crippen LogP contribution in [0.4, 0.5) is 0 Å². The van der Waals surface area contributed by atoms with Gasteiger partial charge in [0.15, 0.2) is 6.10 Å². The molecule has 2 aromatic carbocycles. The maximum atomic E-state index is 12.5. The van der Waals surface area contributed by atoms with Crippen molar-refractivity contribution >= 4 is 5.97 Å². The highest BCUT2D eigenvalue weighted by Crippen LogP contribution is 2.29. The van der Waals surface area contributed by atoms with Crippen LogP contribution in [0.2, 0.25) is 0 Å². The number of para-hydroxylation sites is 2. The fraction of sp³-hybridized carbons (Fsp3) is 0.350. The lowest BCUT2D eigenvalue weighted by Gasteiger charge is -2.41. The van der Waals surface area contributed by atoms with Crippen molar-refractivity contribution in [3.8, 4) is 11.5 Å². The van der Waals surface area contributed by atoms with Crippen molar-refractivity contribution < 1.29 is 44.5 Å². The summed E-state index contributed by atoms with van der Waals surface area (Å²) in [6, 6.07) is 12.2. The quantitative estimate of drug-likeness (QED) is 0.416. The molecule has 1 aliphatic heterocycles. The van der Waals surface area contributed by atoms with Gasteiger partial charge in [0.1, 0.15) is 35.4 Å². The number of carbonyl (C=O) groups is 1. The van der Waals surface area contributed by atoms with Crippen molar-refractivity contribution in [2.24, 2.45) is 0 Å². The number of hydrogen-bond donors (Lipinski definition) is 5. The SMILES string of the molecule is O=C(OC1C(Oc2ccccc2CO)OC(CO)C(O)C1O)c1ccccc1O. The zero-order valence-electron chi connectivity index (χ0n) is 15.3. The second-order valence-electron chi connectivity index (χ2n) is 6.48. The minimum Gasteiger partial charge on any atom is -0.507 e. The smallest absolute Gasteiger partial charge is 0.342 e. The molecule has 0 saturated carbocycles. The summed E-state index contributed by atoms with van der Waals surface area (Å²) in [5.74, 6) is -1.07. The molecule has 0 spiro atoms. The van der Waals surface area contributed by atoms with Crippen LogP contribution >= 0.6 is 0 Å².